The fourth-order valence-electron chi connectivity index (χ4n) is 2.75. The van der Waals surface area contributed by atoms with Crippen LogP contribution in [0.5, 0.6) is 0 Å². The van der Waals surface area contributed by atoms with Crippen molar-refractivity contribution in [3.63, 3.8) is 0 Å². The van der Waals surface area contributed by atoms with Gasteiger partial charge in [0.25, 0.3) is 0 Å². The van der Waals surface area contributed by atoms with Gasteiger partial charge in [-0.25, -0.2) is 0 Å². The summed E-state index contributed by atoms with van der Waals surface area (Å²) in [5.41, 5.74) is 6.19. The van der Waals surface area contributed by atoms with E-state index in [0.29, 0.717) is 6.04 Å². The Kier molecular flexibility index (Phi) is 6.70. The summed E-state index contributed by atoms with van der Waals surface area (Å²) in [6, 6.07) is 2.73. The summed E-state index contributed by atoms with van der Waals surface area (Å²) in [4.78, 5) is 0. The van der Waals surface area contributed by atoms with Crippen LogP contribution in [0, 0.1) is 26.7 Å². The van der Waals surface area contributed by atoms with Crippen LogP contribution in [0.4, 0.5) is 0 Å². The lowest BCUT2D eigenvalue weighted by atomic mass is 9.93. The van der Waals surface area contributed by atoms with E-state index in [2.05, 4.69) is 52.9 Å². The highest BCUT2D eigenvalue weighted by Gasteiger charge is 2.11. The zero-order chi connectivity index (χ0) is 15.3. The van der Waals surface area contributed by atoms with Gasteiger partial charge in [-0.05, 0) is 74.3 Å². The van der Waals surface area contributed by atoms with Gasteiger partial charge in [-0.1, -0.05) is 19.9 Å². The van der Waals surface area contributed by atoms with Crippen molar-refractivity contribution in [1.29, 1.82) is 0 Å². The second-order valence-corrected chi connectivity index (χ2v) is 6.50. The standard InChI is InChI=1S/C18H31NO/c1-12(2)7-8-15(5)19-10-17-13(3)9-14(4)18(11-20)16(17)6/h9,12,15,19-20H,7-8,10-11H2,1-6H3/t15-/m0/s1. The molecule has 0 aliphatic rings. The van der Waals surface area contributed by atoms with Crippen molar-refractivity contribution < 1.29 is 5.11 Å². The molecule has 0 aliphatic heterocycles. The molecule has 114 valence electrons. The monoisotopic (exact) mass is 277 g/mol. The summed E-state index contributed by atoms with van der Waals surface area (Å²) < 4.78 is 0. The zero-order valence-electron chi connectivity index (χ0n) is 14.0. The molecule has 1 rings (SSSR count). The van der Waals surface area contributed by atoms with E-state index in [4.69, 9.17) is 0 Å². The number of rotatable bonds is 7. The molecule has 0 unspecified atom stereocenters. The van der Waals surface area contributed by atoms with Crippen molar-refractivity contribution in [3.05, 3.63) is 33.9 Å². The minimum absolute atomic E-state index is 0.133. The van der Waals surface area contributed by atoms with E-state index in [-0.39, 0.29) is 6.61 Å². The first kappa shape index (κ1) is 17.2. The van der Waals surface area contributed by atoms with E-state index < -0.39 is 0 Å². The normalized spacial score (nSPS) is 13.0. The minimum atomic E-state index is 0.133. The molecule has 0 spiro atoms. The van der Waals surface area contributed by atoms with Crippen LogP contribution < -0.4 is 5.32 Å². The van der Waals surface area contributed by atoms with Crippen molar-refractivity contribution in [2.75, 3.05) is 0 Å². The first-order chi connectivity index (χ1) is 9.36. The smallest absolute Gasteiger partial charge is 0.0687 e. The van der Waals surface area contributed by atoms with E-state index in [1.807, 2.05) is 0 Å². The van der Waals surface area contributed by atoms with Gasteiger partial charge in [-0.2, -0.15) is 0 Å². The third kappa shape index (κ3) is 4.60. The zero-order valence-corrected chi connectivity index (χ0v) is 14.0. The van der Waals surface area contributed by atoms with Gasteiger partial charge in [0.2, 0.25) is 0 Å². The summed E-state index contributed by atoms with van der Waals surface area (Å²) in [6.07, 6.45) is 2.48. The molecule has 0 fully saturated rings. The molecule has 2 N–H and O–H groups in total. The summed E-state index contributed by atoms with van der Waals surface area (Å²) in [5.74, 6) is 0.767. The fraction of sp³-hybridized carbons (Fsp3) is 0.667. The second kappa shape index (κ2) is 7.80. The Hall–Kier alpha value is -0.860. The maximum Gasteiger partial charge on any atom is 0.0687 e. The van der Waals surface area contributed by atoms with Crippen molar-refractivity contribution in [3.8, 4) is 0 Å². The average molecular weight is 277 g/mol. The van der Waals surface area contributed by atoms with E-state index in [0.717, 1.165) is 18.0 Å². The number of nitrogens with one attached hydrogen (secondary N) is 1. The van der Waals surface area contributed by atoms with Crippen LogP contribution >= 0.6 is 0 Å². The molecule has 0 saturated carbocycles. The quantitative estimate of drug-likeness (QED) is 0.789. The molecule has 0 amide bonds. The SMILES string of the molecule is Cc1cc(C)c(CN[C@@H](C)CCC(C)C)c(C)c1CO. The second-order valence-electron chi connectivity index (χ2n) is 6.50. The molecule has 0 aromatic heterocycles. The lowest BCUT2D eigenvalue weighted by Crippen LogP contribution is -2.26. The van der Waals surface area contributed by atoms with Crippen molar-refractivity contribution in [2.24, 2.45) is 5.92 Å². The van der Waals surface area contributed by atoms with Gasteiger partial charge in [0.1, 0.15) is 0 Å². The summed E-state index contributed by atoms with van der Waals surface area (Å²) in [5, 5.41) is 13.1. The molecule has 0 radical (unpaired) electrons. The van der Waals surface area contributed by atoms with Crippen LogP contribution in [0.1, 0.15) is 61.4 Å². The van der Waals surface area contributed by atoms with Crippen LogP contribution in [0.2, 0.25) is 0 Å². The lowest BCUT2D eigenvalue weighted by Gasteiger charge is -2.20. The van der Waals surface area contributed by atoms with Gasteiger partial charge in [-0.15, -0.1) is 0 Å². The largest absolute Gasteiger partial charge is 0.392 e. The number of aliphatic hydroxyl groups is 1. The Labute approximate surface area is 124 Å². The summed E-state index contributed by atoms with van der Waals surface area (Å²) in [6.45, 7) is 14.2. The van der Waals surface area contributed by atoms with E-state index in [1.54, 1.807) is 0 Å². The summed E-state index contributed by atoms with van der Waals surface area (Å²) in [7, 11) is 0. The Morgan fingerprint density at radius 1 is 1.00 bits per heavy atom. The number of benzene rings is 1. The molecule has 1 aromatic carbocycles. The van der Waals surface area contributed by atoms with Crippen LogP contribution in [-0.4, -0.2) is 11.1 Å². The molecule has 0 bridgehead atoms. The van der Waals surface area contributed by atoms with E-state index >= 15 is 0 Å². The topological polar surface area (TPSA) is 32.3 Å². The first-order valence-corrected chi connectivity index (χ1v) is 7.79. The Morgan fingerprint density at radius 3 is 2.15 bits per heavy atom. The Morgan fingerprint density at radius 2 is 1.60 bits per heavy atom. The molecular weight excluding hydrogens is 246 g/mol. The van der Waals surface area contributed by atoms with Crippen LogP contribution in [0.25, 0.3) is 0 Å². The number of hydrogen-bond acceptors (Lipinski definition) is 2. The highest BCUT2D eigenvalue weighted by molar-refractivity contribution is 5.44. The van der Waals surface area contributed by atoms with Gasteiger partial charge in [-0.3, -0.25) is 0 Å². The Bertz CT molecular complexity index is 438. The van der Waals surface area contributed by atoms with Crippen molar-refractivity contribution in [2.45, 2.75) is 73.6 Å². The number of aliphatic hydroxyl groups excluding tert-OH is 1. The van der Waals surface area contributed by atoms with Gasteiger partial charge >= 0.3 is 0 Å². The predicted octanol–water partition coefficient (Wildman–Crippen LogP) is 4.02. The van der Waals surface area contributed by atoms with Crippen LogP contribution in [0.15, 0.2) is 6.07 Å². The molecule has 1 atom stereocenters. The number of hydrogen-bond donors (Lipinski definition) is 2. The maximum absolute atomic E-state index is 9.52. The fourth-order valence-corrected chi connectivity index (χ4v) is 2.75. The Balaban J connectivity index is 2.73. The molecule has 0 saturated heterocycles. The third-order valence-electron chi connectivity index (χ3n) is 4.25. The van der Waals surface area contributed by atoms with Gasteiger partial charge in [0.15, 0.2) is 0 Å². The van der Waals surface area contributed by atoms with Gasteiger partial charge in [0, 0.05) is 12.6 Å². The highest BCUT2D eigenvalue weighted by Crippen LogP contribution is 2.22. The van der Waals surface area contributed by atoms with E-state index in [1.165, 1.54) is 35.1 Å². The molecule has 1 aromatic rings. The van der Waals surface area contributed by atoms with Crippen LogP contribution in [-0.2, 0) is 13.2 Å². The summed E-state index contributed by atoms with van der Waals surface area (Å²) >= 11 is 0. The van der Waals surface area contributed by atoms with Crippen molar-refractivity contribution >= 4 is 0 Å². The predicted molar refractivity (Wildman–Crippen MR) is 86.9 cm³/mol. The number of aryl methyl sites for hydroxylation is 2. The minimum Gasteiger partial charge on any atom is -0.392 e. The molecule has 0 heterocycles. The molecule has 2 heteroatoms. The first-order valence-electron chi connectivity index (χ1n) is 7.79. The van der Waals surface area contributed by atoms with Gasteiger partial charge in [0.05, 0.1) is 6.61 Å². The van der Waals surface area contributed by atoms with Gasteiger partial charge < -0.3 is 10.4 Å². The molecule has 0 aliphatic carbocycles. The lowest BCUT2D eigenvalue weighted by molar-refractivity contribution is 0.280. The molecular formula is C18H31NO. The van der Waals surface area contributed by atoms with Crippen LogP contribution in [0.3, 0.4) is 0 Å². The van der Waals surface area contributed by atoms with Crippen molar-refractivity contribution in [1.82, 2.24) is 5.32 Å². The van der Waals surface area contributed by atoms with E-state index in [9.17, 15) is 5.11 Å². The highest BCUT2D eigenvalue weighted by atomic mass is 16.3. The average Bonchev–Trinajstić information content (AvgIpc) is 2.36. The molecule has 20 heavy (non-hydrogen) atoms. The molecule has 2 nitrogen and oxygen atoms in total. The maximum atomic E-state index is 9.52. The third-order valence-corrected chi connectivity index (χ3v) is 4.25.